The molecule has 62 valence electrons. The fourth-order valence-corrected chi connectivity index (χ4v) is 1.09. The van der Waals surface area contributed by atoms with Gasteiger partial charge in [0.25, 0.3) is 0 Å². The topological polar surface area (TPSA) is 25.2 Å². The van der Waals surface area contributed by atoms with Crippen LogP contribution in [-0.4, -0.2) is 9.67 Å². The number of aliphatic hydroxyl groups is 1. The first-order valence-corrected chi connectivity index (χ1v) is 4.00. The van der Waals surface area contributed by atoms with Gasteiger partial charge in [0.15, 0.2) is 0 Å². The predicted molar refractivity (Wildman–Crippen MR) is 45.1 cm³/mol. The Bertz CT molecular complexity index is 191. The van der Waals surface area contributed by atoms with Crippen molar-refractivity contribution >= 4 is 0 Å². The van der Waals surface area contributed by atoms with Crippen LogP contribution in [0.25, 0.3) is 0 Å². The van der Waals surface area contributed by atoms with E-state index < -0.39 is 0 Å². The lowest BCUT2D eigenvalue weighted by Gasteiger charge is -2.14. The van der Waals surface area contributed by atoms with Gasteiger partial charge in [0, 0.05) is 12.4 Å². The van der Waals surface area contributed by atoms with E-state index in [4.69, 9.17) is 0 Å². The zero-order valence-corrected chi connectivity index (χ0v) is 7.07. The number of rotatable bonds is 3. The van der Waals surface area contributed by atoms with E-state index in [0.29, 0.717) is 5.92 Å². The van der Waals surface area contributed by atoms with Crippen molar-refractivity contribution < 1.29 is 5.11 Å². The summed E-state index contributed by atoms with van der Waals surface area (Å²) in [6.45, 7) is 4.21. The van der Waals surface area contributed by atoms with Gasteiger partial charge < -0.3 is 9.67 Å². The summed E-state index contributed by atoms with van der Waals surface area (Å²) in [7, 11) is 0. The molecule has 0 saturated carbocycles. The van der Waals surface area contributed by atoms with Gasteiger partial charge >= 0.3 is 0 Å². The van der Waals surface area contributed by atoms with E-state index in [1.807, 2.05) is 29.1 Å². The minimum Gasteiger partial charge on any atom is -0.373 e. The van der Waals surface area contributed by atoms with Crippen LogP contribution in [0, 0.1) is 5.92 Å². The highest BCUT2D eigenvalue weighted by atomic mass is 16.3. The van der Waals surface area contributed by atoms with Crippen molar-refractivity contribution in [3.8, 4) is 0 Å². The SMILES string of the molecule is CC(C)C[C@@H](O)n1cccc1. The Balaban J connectivity index is 2.49. The second-order valence-electron chi connectivity index (χ2n) is 3.24. The molecule has 1 rings (SSSR count). The molecule has 11 heavy (non-hydrogen) atoms. The maximum Gasteiger partial charge on any atom is 0.130 e. The highest BCUT2D eigenvalue weighted by Crippen LogP contribution is 2.13. The molecule has 1 aromatic rings. The molecule has 0 fully saturated rings. The first-order chi connectivity index (χ1) is 5.20. The number of hydrogen-bond acceptors (Lipinski definition) is 1. The van der Waals surface area contributed by atoms with Crippen molar-refractivity contribution in [2.75, 3.05) is 0 Å². The largest absolute Gasteiger partial charge is 0.373 e. The maximum absolute atomic E-state index is 9.54. The molecule has 0 saturated heterocycles. The van der Waals surface area contributed by atoms with Gasteiger partial charge in [-0.25, -0.2) is 0 Å². The molecule has 0 unspecified atom stereocenters. The number of nitrogens with zero attached hydrogens (tertiary/aromatic N) is 1. The lowest BCUT2D eigenvalue weighted by molar-refractivity contribution is 0.0814. The summed E-state index contributed by atoms with van der Waals surface area (Å²) in [5, 5.41) is 9.54. The van der Waals surface area contributed by atoms with Crippen LogP contribution >= 0.6 is 0 Å². The molecule has 1 heterocycles. The number of aliphatic hydroxyl groups excluding tert-OH is 1. The lowest BCUT2D eigenvalue weighted by Crippen LogP contribution is -2.08. The fraction of sp³-hybridized carbons (Fsp3) is 0.556. The Kier molecular flexibility index (Phi) is 2.71. The molecule has 0 aliphatic rings. The average Bonchev–Trinajstić information content (AvgIpc) is 2.35. The van der Waals surface area contributed by atoms with Crippen LogP contribution in [0.2, 0.25) is 0 Å². The first kappa shape index (κ1) is 8.34. The molecule has 1 N–H and O–H groups in total. The number of aromatic nitrogens is 1. The van der Waals surface area contributed by atoms with Crippen LogP contribution < -0.4 is 0 Å². The Morgan fingerprint density at radius 3 is 2.27 bits per heavy atom. The van der Waals surface area contributed by atoms with Crippen LogP contribution in [0.15, 0.2) is 24.5 Å². The van der Waals surface area contributed by atoms with E-state index in [9.17, 15) is 5.11 Å². The minimum atomic E-state index is -0.356. The van der Waals surface area contributed by atoms with E-state index in [2.05, 4.69) is 13.8 Å². The highest BCUT2D eigenvalue weighted by Gasteiger charge is 2.06. The summed E-state index contributed by atoms with van der Waals surface area (Å²) in [6.07, 6.45) is 4.22. The summed E-state index contributed by atoms with van der Waals surface area (Å²) >= 11 is 0. The molecule has 1 aromatic heterocycles. The zero-order valence-electron chi connectivity index (χ0n) is 7.07. The van der Waals surface area contributed by atoms with Crippen LogP contribution in [0.1, 0.15) is 26.5 Å². The minimum absolute atomic E-state index is 0.356. The Labute approximate surface area is 67.5 Å². The molecule has 0 spiro atoms. The van der Waals surface area contributed by atoms with Gasteiger partial charge in [-0.1, -0.05) is 13.8 Å². The Hall–Kier alpha value is -0.760. The second-order valence-corrected chi connectivity index (χ2v) is 3.24. The molecule has 2 heteroatoms. The summed E-state index contributed by atoms with van der Waals surface area (Å²) in [5.41, 5.74) is 0. The average molecular weight is 153 g/mol. The second kappa shape index (κ2) is 3.58. The standard InChI is InChI=1S/C9H15NO/c1-8(2)7-9(11)10-5-3-4-6-10/h3-6,8-9,11H,7H2,1-2H3/t9-/m1/s1. The van der Waals surface area contributed by atoms with Crippen molar-refractivity contribution in [1.29, 1.82) is 0 Å². The monoisotopic (exact) mass is 153 g/mol. The van der Waals surface area contributed by atoms with E-state index in [1.54, 1.807) is 0 Å². The first-order valence-electron chi connectivity index (χ1n) is 4.00. The van der Waals surface area contributed by atoms with Crippen molar-refractivity contribution in [3.05, 3.63) is 24.5 Å². The van der Waals surface area contributed by atoms with Gasteiger partial charge in [-0.2, -0.15) is 0 Å². The summed E-state index contributed by atoms with van der Waals surface area (Å²) in [5.74, 6) is 0.535. The van der Waals surface area contributed by atoms with Crippen LogP contribution in [-0.2, 0) is 0 Å². The summed E-state index contributed by atoms with van der Waals surface area (Å²) < 4.78 is 1.82. The molecule has 0 radical (unpaired) electrons. The van der Waals surface area contributed by atoms with Crippen LogP contribution in [0.4, 0.5) is 0 Å². The fourth-order valence-electron chi connectivity index (χ4n) is 1.09. The zero-order chi connectivity index (χ0) is 8.27. The van der Waals surface area contributed by atoms with E-state index in [0.717, 1.165) is 6.42 Å². The normalized spacial score (nSPS) is 13.8. The molecular formula is C9H15NO. The van der Waals surface area contributed by atoms with E-state index in [1.165, 1.54) is 0 Å². The predicted octanol–water partition coefficient (Wildman–Crippen LogP) is 2.03. The van der Waals surface area contributed by atoms with Crippen molar-refractivity contribution in [1.82, 2.24) is 4.57 Å². The molecule has 1 atom stereocenters. The third kappa shape index (κ3) is 2.39. The lowest BCUT2D eigenvalue weighted by atomic mass is 10.1. The van der Waals surface area contributed by atoms with Gasteiger partial charge in [-0.05, 0) is 24.5 Å². The van der Waals surface area contributed by atoms with Crippen molar-refractivity contribution in [2.24, 2.45) is 5.92 Å². The Morgan fingerprint density at radius 1 is 1.27 bits per heavy atom. The summed E-state index contributed by atoms with van der Waals surface area (Å²) in [6, 6.07) is 3.84. The van der Waals surface area contributed by atoms with Crippen molar-refractivity contribution in [3.63, 3.8) is 0 Å². The highest BCUT2D eigenvalue weighted by molar-refractivity contribution is 4.91. The molecule has 0 aliphatic carbocycles. The van der Waals surface area contributed by atoms with Crippen LogP contribution in [0.3, 0.4) is 0 Å². The Morgan fingerprint density at radius 2 is 1.82 bits per heavy atom. The van der Waals surface area contributed by atoms with Gasteiger partial charge in [-0.15, -0.1) is 0 Å². The van der Waals surface area contributed by atoms with E-state index in [-0.39, 0.29) is 6.23 Å². The number of hydrogen-bond donors (Lipinski definition) is 1. The van der Waals surface area contributed by atoms with E-state index >= 15 is 0 Å². The molecule has 0 aromatic carbocycles. The van der Waals surface area contributed by atoms with Gasteiger partial charge in [0.1, 0.15) is 6.23 Å². The van der Waals surface area contributed by atoms with Gasteiger partial charge in [0.05, 0.1) is 0 Å². The smallest absolute Gasteiger partial charge is 0.130 e. The third-order valence-electron chi connectivity index (χ3n) is 1.65. The van der Waals surface area contributed by atoms with Crippen LogP contribution in [0.5, 0.6) is 0 Å². The molecular weight excluding hydrogens is 138 g/mol. The van der Waals surface area contributed by atoms with Gasteiger partial charge in [-0.3, -0.25) is 0 Å². The summed E-state index contributed by atoms with van der Waals surface area (Å²) in [4.78, 5) is 0. The van der Waals surface area contributed by atoms with Crippen molar-refractivity contribution in [2.45, 2.75) is 26.5 Å². The molecule has 0 amide bonds. The van der Waals surface area contributed by atoms with Gasteiger partial charge in [0.2, 0.25) is 0 Å². The molecule has 0 bridgehead atoms. The quantitative estimate of drug-likeness (QED) is 0.706. The third-order valence-corrected chi connectivity index (χ3v) is 1.65. The maximum atomic E-state index is 9.54. The molecule has 2 nitrogen and oxygen atoms in total. The molecule has 0 aliphatic heterocycles.